The highest BCUT2D eigenvalue weighted by atomic mass is 16.5. The molecule has 0 spiro atoms. The number of carbonyl (C=O) groups excluding carboxylic acids is 1. The number of hydrogen-bond acceptors (Lipinski definition) is 4. The molecule has 0 saturated carbocycles. The lowest BCUT2D eigenvalue weighted by molar-refractivity contribution is -0.0140. The minimum Gasteiger partial charge on any atom is -0.503 e. The number of hydrogen-bond donors (Lipinski definition) is 1. The fraction of sp³-hybridized carbons (Fsp3) is 0.500. The van der Waals surface area contributed by atoms with E-state index in [4.69, 9.17) is 4.74 Å². The van der Waals surface area contributed by atoms with Crippen molar-refractivity contribution in [2.24, 2.45) is 0 Å². The Morgan fingerprint density at radius 2 is 2.22 bits per heavy atom. The van der Waals surface area contributed by atoms with Crippen LogP contribution >= 0.6 is 0 Å². The molecule has 0 aromatic carbocycles. The molecule has 1 amide bonds. The molecule has 1 aromatic heterocycles. The maximum absolute atomic E-state index is 12.3. The van der Waals surface area contributed by atoms with Gasteiger partial charge < -0.3 is 19.3 Å². The largest absolute Gasteiger partial charge is 0.503 e. The van der Waals surface area contributed by atoms with E-state index in [9.17, 15) is 14.7 Å². The first kappa shape index (κ1) is 11.3. The van der Waals surface area contributed by atoms with Crippen molar-refractivity contribution in [3.63, 3.8) is 0 Å². The van der Waals surface area contributed by atoms with Crippen LogP contribution in [-0.2, 0) is 11.3 Å². The smallest absolute Gasteiger partial charge is 0.274 e. The van der Waals surface area contributed by atoms with Crippen LogP contribution in [0.1, 0.15) is 16.1 Å². The summed E-state index contributed by atoms with van der Waals surface area (Å²) in [6.45, 7) is 3.68. The van der Waals surface area contributed by atoms with E-state index in [0.29, 0.717) is 31.9 Å². The first-order valence-corrected chi connectivity index (χ1v) is 5.91. The molecule has 1 N–H and O–H groups in total. The summed E-state index contributed by atoms with van der Waals surface area (Å²) in [4.78, 5) is 25.6. The Kier molecular flexibility index (Phi) is 2.41. The van der Waals surface area contributed by atoms with Crippen molar-refractivity contribution in [3.05, 3.63) is 27.7 Å². The summed E-state index contributed by atoms with van der Waals surface area (Å²) in [5.41, 5.74) is 0.0688. The molecule has 96 valence electrons. The molecular formula is C12H14N2O4. The molecule has 3 heterocycles. The number of aryl methyl sites for hydroxylation is 1. The summed E-state index contributed by atoms with van der Waals surface area (Å²) < 4.78 is 7.01. The number of pyridine rings is 1. The molecule has 2 aliphatic rings. The van der Waals surface area contributed by atoms with E-state index in [1.54, 1.807) is 22.6 Å². The van der Waals surface area contributed by atoms with Crippen LogP contribution in [0.3, 0.4) is 0 Å². The maximum atomic E-state index is 12.3. The summed E-state index contributed by atoms with van der Waals surface area (Å²) in [6, 6.07) is -0.0138. The first-order valence-electron chi connectivity index (χ1n) is 5.91. The van der Waals surface area contributed by atoms with Gasteiger partial charge in [-0.1, -0.05) is 0 Å². The minimum atomic E-state index is -0.471. The number of aromatic nitrogens is 1. The van der Waals surface area contributed by atoms with Crippen molar-refractivity contribution >= 4 is 5.91 Å². The lowest BCUT2D eigenvalue weighted by atomic mass is 10.1. The fourth-order valence-electron chi connectivity index (χ4n) is 2.59. The van der Waals surface area contributed by atoms with Crippen LogP contribution < -0.4 is 5.43 Å². The van der Waals surface area contributed by atoms with Gasteiger partial charge in [0.15, 0.2) is 11.4 Å². The molecule has 6 heteroatoms. The zero-order chi connectivity index (χ0) is 12.9. The zero-order valence-corrected chi connectivity index (χ0v) is 10.0. The Hall–Kier alpha value is -1.82. The number of nitrogens with zero attached hydrogens (tertiary/aromatic N) is 2. The molecule has 3 rings (SSSR count). The predicted octanol–water partition coefficient (Wildman–Crippen LogP) is -0.283. The van der Waals surface area contributed by atoms with E-state index in [1.165, 1.54) is 0 Å². The molecule has 1 saturated heterocycles. The SMILES string of the molecule is Cc1cn2c(c(O)c1=O)C(=O)N1CCOC[C@H]1C2. The molecule has 0 radical (unpaired) electrons. The van der Waals surface area contributed by atoms with E-state index >= 15 is 0 Å². The molecule has 2 aliphatic heterocycles. The maximum Gasteiger partial charge on any atom is 0.274 e. The summed E-state index contributed by atoms with van der Waals surface area (Å²) in [5, 5.41) is 9.87. The van der Waals surface area contributed by atoms with Crippen molar-refractivity contribution in [1.82, 2.24) is 9.47 Å². The van der Waals surface area contributed by atoms with Gasteiger partial charge in [-0.15, -0.1) is 0 Å². The van der Waals surface area contributed by atoms with Crippen LogP contribution in [0.4, 0.5) is 0 Å². The third-order valence-corrected chi connectivity index (χ3v) is 3.53. The number of carbonyl (C=O) groups is 1. The van der Waals surface area contributed by atoms with E-state index in [1.807, 2.05) is 0 Å². The van der Waals surface area contributed by atoms with Crippen molar-refractivity contribution < 1.29 is 14.6 Å². The molecular weight excluding hydrogens is 236 g/mol. The van der Waals surface area contributed by atoms with Crippen molar-refractivity contribution in [1.29, 1.82) is 0 Å². The quantitative estimate of drug-likeness (QED) is 0.687. The fourth-order valence-corrected chi connectivity index (χ4v) is 2.59. The van der Waals surface area contributed by atoms with Crippen molar-refractivity contribution in [2.45, 2.75) is 19.5 Å². The van der Waals surface area contributed by atoms with Gasteiger partial charge in [0.1, 0.15) is 0 Å². The van der Waals surface area contributed by atoms with Crippen molar-refractivity contribution in [2.75, 3.05) is 19.8 Å². The number of aromatic hydroxyl groups is 1. The van der Waals surface area contributed by atoms with Gasteiger partial charge in [-0.2, -0.15) is 0 Å². The zero-order valence-electron chi connectivity index (χ0n) is 10.0. The number of morpholine rings is 1. The lowest BCUT2D eigenvalue weighted by Crippen LogP contribution is -2.54. The topological polar surface area (TPSA) is 71.8 Å². The van der Waals surface area contributed by atoms with E-state index in [2.05, 4.69) is 0 Å². The van der Waals surface area contributed by atoms with Crippen LogP contribution in [0, 0.1) is 6.92 Å². The monoisotopic (exact) mass is 250 g/mol. The molecule has 18 heavy (non-hydrogen) atoms. The second-order valence-corrected chi connectivity index (χ2v) is 4.72. The van der Waals surface area contributed by atoms with E-state index < -0.39 is 11.2 Å². The third kappa shape index (κ3) is 1.45. The molecule has 6 nitrogen and oxygen atoms in total. The lowest BCUT2D eigenvalue weighted by Gasteiger charge is -2.40. The normalized spacial score (nSPS) is 22.6. The van der Waals surface area contributed by atoms with Crippen LogP contribution in [-0.4, -0.2) is 46.3 Å². The van der Waals surface area contributed by atoms with Gasteiger partial charge in [-0.3, -0.25) is 9.59 Å². The third-order valence-electron chi connectivity index (χ3n) is 3.53. The average Bonchev–Trinajstić information content (AvgIpc) is 2.36. The van der Waals surface area contributed by atoms with E-state index in [-0.39, 0.29) is 17.6 Å². The van der Waals surface area contributed by atoms with Gasteiger partial charge in [-0.25, -0.2) is 0 Å². The standard InChI is InChI=1S/C12H14N2O4/c1-7-4-13-5-8-6-18-3-2-14(8)12(17)9(13)11(16)10(7)15/h4,8,16H,2-3,5-6H2,1H3/t8-/m1/s1. The molecule has 0 bridgehead atoms. The molecule has 0 aliphatic carbocycles. The van der Waals surface area contributed by atoms with Gasteiger partial charge >= 0.3 is 0 Å². The molecule has 1 aromatic rings. The second kappa shape index (κ2) is 3.84. The summed E-state index contributed by atoms with van der Waals surface area (Å²) in [5.74, 6) is -0.728. The predicted molar refractivity (Wildman–Crippen MR) is 62.7 cm³/mol. The highest BCUT2D eigenvalue weighted by Crippen LogP contribution is 2.24. The number of amides is 1. The van der Waals surface area contributed by atoms with Gasteiger partial charge in [0.05, 0.1) is 19.3 Å². The van der Waals surface area contributed by atoms with Crippen LogP contribution in [0.5, 0.6) is 5.75 Å². The number of ether oxygens (including phenoxy) is 1. The molecule has 1 atom stereocenters. The first-order chi connectivity index (χ1) is 8.59. The Morgan fingerprint density at radius 3 is 3.00 bits per heavy atom. The van der Waals surface area contributed by atoms with Gasteiger partial charge in [0, 0.05) is 24.8 Å². The van der Waals surface area contributed by atoms with Gasteiger partial charge in [-0.05, 0) is 6.92 Å². The Balaban J connectivity index is 2.16. The highest BCUT2D eigenvalue weighted by Gasteiger charge is 2.36. The van der Waals surface area contributed by atoms with Gasteiger partial charge in [0.25, 0.3) is 5.91 Å². The Morgan fingerprint density at radius 1 is 1.44 bits per heavy atom. The van der Waals surface area contributed by atoms with Gasteiger partial charge in [0.2, 0.25) is 5.43 Å². The van der Waals surface area contributed by atoms with Crippen LogP contribution in [0.2, 0.25) is 0 Å². The Labute approximate surface area is 103 Å². The van der Waals surface area contributed by atoms with Crippen LogP contribution in [0.15, 0.2) is 11.0 Å². The highest BCUT2D eigenvalue weighted by molar-refractivity contribution is 5.96. The van der Waals surface area contributed by atoms with E-state index in [0.717, 1.165) is 0 Å². The minimum absolute atomic E-state index is 0.0138. The molecule has 1 fully saturated rings. The number of fused-ring (bicyclic) bond motifs is 2. The molecule has 0 unspecified atom stereocenters. The summed E-state index contributed by atoms with van der Waals surface area (Å²) >= 11 is 0. The summed E-state index contributed by atoms with van der Waals surface area (Å²) in [7, 11) is 0. The van der Waals surface area contributed by atoms with Crippen LogP contribution in [0.25, 0.3) is 0 Å². The second-order valence-electron chi connectivity index (χ2n) is 4.72. The Bertz CT molecular complexity index is 578. The average molecular weight is 250 g/mol. The van der Waals surface area contributed by atoms with Crippen molar-refractivity contribution in [3.8, 4) is 5.75 Å². The number of rotatable bonds is 0. The summed E-state index contributed by atoms with van der Waals surface area (Å²) in [6.07, 6.45) is 1.63.